The summed E-state index contributed by atoms with van der Waals surface area (Å²) in [7, 11) is -3.51. The summed E-state index contributed by atoms with van der Waals surface area (Å²) in [4.78, 5) is 0.985. The molecule has 7 heteroatoms. The van der Waals surface area contributed by atoms with Gasteiger partial charge >= 0.3 is 0 Å². The van der Waals surface area contributed by atoms with E-state index in [1.165, 1.54) is 11.3 Å². The lowest BCUT2D eigenvalue weighted by molar-refractivity contribution is 0.265. The van der Waals surface area contributed by atoms with E-state index < -0.39 is 16.1 Å². The van der Waals surface area contributed by atoms with Crippen LogP contribution in [0.4, 0.5) is 0 Å². The van der Waals surface area contributed by atoms with Crippen LogP contribution in [0, 0.1) is 6.92 Å². The molecule has 0 aliphatic rings. The minimum atomic E-state index is -3.51. The number of aliphatic hydroxyl groups is 1. The average molecular weight is 314 g/mol. The van der Waals surface area contributed by atoms with Gasteiger partial charge in [-0.15, -0.1) is 11.3 Å². The van der Waals surface area contributed by atoms with Gasteiger partial charge < -0.3 is 5.11 Å². The molecule has 0 aliphatic carbocycles. The minimum absolute atomic E-state index is 0.219. The third-order valence-corrected chi connectivity index (χ3v) is 5.16. The van der Waals surface area contributed by atoms with Crippen LogP contribution >= 0.6 is 27.3 Å². The van der Waals surface area contributed by atoms with Gasteiger partial charge in [-0.1, -0.05) is 0 Å². The maximum atomic E-state index is 11.8. The van der Waals surface area contributed by atoms with Gasteiger partial charge in [0.1, 0.15) is 0 Å². The van der Waals surface area contributed by atoms with Crippen LogP contribution in [0.25, 0.3) is 0 Å². The van der Waals surface area contributed by atoms with Crippen molar-refractivity contribution in [1.82, 2.24) is 4.72 Å². The zero-order chi connectivity index (χ0) is 11.6. The van der Waals surface area contributed by atoms with Gasteiger partial charge in [-0.3, -0.25) is 0 Å². The second-order valence-electron chi connectivity index (χ2n) is 3.18. The molecular formula is C8H12BrNO3S2. The highest BCUT2D eigenvalue weighted by atomic mass is 79.9. The minimum Gasteiger partial charge on any atom is -0.395 e. The molecule has 0 bridgehead atoms. The second kappa shape index (κ2) is 4.92. The molecule has 0 aromatic carbocycles. The normalized spacial score (nSPS) is 14.1. The summed E-state index contributed by atoms with van der Waals surface area (Å²) in [6.45, 7) is 3.13. The summed E-state index contributed by atoms with van der Waals surface area (Å²) in [6.07, 6.45) is 0. The molecule has 86 valence electrons. The highest BCUT2D eigenvalue weighted by Gasteiger charge is 2.21. The van der Waals surface area contributed by atoms with Crippen LogP contribution in [0.1, 0.15) is 11.8 Å². The third kappa shape index (κ3) is 3.25. The van der Waals surface area contributed by atoms with Gasteiger partial charge in [-0.05, 0) is 35.8 Å². The van der Waals surface area contributed by atoms with Crippen LogP contribution in [0.15, 0.2) is 14.7 Å². The molecule has 0 fully saturated rings. The van der Waals surface area contributed by atoms with Crippen molar-refractivity contribution in [2.24, 2.45) is 0 Å². The Balaban J connectivity index is 3.01. The SMILES string of the molecule is Cc1sc(Br)cc1S(=O)(=O)N[C@@H](C)CO. The van der Waals surface area contributed by atoms with Crippen molar-refractivity contribution in [3.63, 3.8) is 0 Å². The van der Waals surface area contributed by atoms with E-state index in [1.54, 1.807) is 19.9 Å². The van der Waals surface area contributed by atoms with E-state index in [2.05, 4.69) is 20.7 Å². The molecule has 0 aliphatic heterocycles. The van der Waals surface area contributed by atoms with Crippen molar-refractivity contribution < 1.29 is 13.5 Å². The fourth-order valence-electron chi connectivity index (χ4n) is 1.06. The monoisotopic (exact) mass is 313 g/mol. The second-order valence-corrected chi connectivity index (χ2v) is 7.49. The van der Waals surface area contributed by atoms with E-state index in [4.69, 9.17) is 5.11 Å². The third-order valence-electron chi connectivity index (χ3n) is 1.76. The molecular weight excluding hydrogens is 302 g/mol. The zero-order valence-corrected chi connectivity index (χ0v) is 11.5. The van der Waals surface area contributed by atoms with E-state index in [9.17, 15) is 8.42 Å². The van der Waals surface area contributed by atoms with Gasteiger partial charge in [0.25, 0.3) is 0 Å². The van der Waals surface area contributed by atoms with Crippen molar-refractivity contribution in [2.75, 3.05) is 6.61 Å². The van der Waals surface area contributed by atoms with E-state index >= 15 is 0 Å². The van der Waals surface area contributed by atoms with Gasteiger partial charge in [-0.25, -0.2) is 13.1 Å². The van der Waals surface area contributed by atoms with Gasteiger partial charge in [0.15, 0.2) is 0 Å². The van der Waals surface area contributed by atoms with Crippen molar-refractivity contribution in [2.45, 2.75) is 24.8 Å². The number of aryl methyl sites for hydroxylation is 1. The largest absolute Gasteiger partial charge is 0.395 e. The molecule has 1 atom stereocenters. The molecule has 0 amide bonds. The zero-order valence-electron chi connectivity index (χ0n) is 8.32. The molecule has 0 unspecified atom stereocenters. The van der Waals surface area contributed by atoms with E-state index in [0.717, 1.165) is 8.66 Å². The van der Waals surface area contributed by atoms with E-state index in [0.29, 0.717) is 0 Å². The van der Waals surface area contributed by atoms with Crippen LogP contribution in [-0.4, -0.2) is 26.2 Å². The van der Waals surface area contributed by atoms with Crippen LogP contribution in [0.2, 0.25) is 0 Å². The Morgan fingerprint density at radius 2 is 2.27 bits per heavy atom. The lowest BCUT2D eigenvalue weighted by Gasteiger charge is -2.10. The molecule has 0 saturated heterocycles. The number of nitrogens with one attached hydrogen (secondary N) is 1. The Hall–Kier alpha value is 0.0500. The summed E-state index contributed by atoms with van der Waals surface area (Å²) in [6, 6.07) is 1.08. The predicted molar refractivity (Wildman–Crippen MR) is 63.6 cm³/mol. The number of hydrogen-bond donors (Lipinski definition) is 2. The molecule has 1 heterocycles. The molecule has 0 saturated carbocycles. The number of sulfonamides is 1. The molecule has 15 heavy (non-hydrogen) atoms. The van der Waals surface area contributed by atoms with Gasteiger partial charge in [0, 0.05) is 10.9 Å². The maximum Gasteiger partial charge on any atom is 0.242 e. The highest BCUT2D eigenvalue weighted by Crippen LogP contribution is 2.29. The number of aliphatic hydroxyl groups excluding tert-OH is 1. The molecule has 4 nitrogen and oxygen atoms in total. The van der Waals surface area contributed by atoms with Crippen molar-refractivity contribution >= 4 is 37.3 Å². The molecule has 1 aromatic rings. The van der Waals surface area contributed by atoms with Crippen LogP contribution < -0.4 is 4.72 Å². The number of thiophene rings is 1. The lowest BCUT2D eigenvalue weighted by atomic mass is 10.4. The molecule has 1 rings (SSSR count). The molecule has 0 spiro atoms. The van der Waals surface area contributed by atoms with E-state index in [1.807, 2.05) is 0 Å². The molecule has 0 radical (unpaired) electrons. The summed E-state index contributed by atoms with van der Waals surface area (Å²) in [5.74, 6) is 0. The number of halogens is 1. The van der Waals surface area contributed by atoms with Crippen LogP contribution in [-0.2, 0) is 10.0 Å². The first-order chi connectivity index (χ1) is 6.86. The Morgan fingerprint density at radius 1 is 1.67 bits per heavy atom. The van der Waals surface area contributed by atoms with Gasteiger partial charge in [0.2, 0.25) is 10.0 Å². The summed E-state index contributed by atoms with van der Waals surface area (Å²) in [5, 5.41) is 8.79. The van der Waals surface area contributed by atoms with E-state index in [-0.39, 0.29) is 11.5 Å². The van der Waals surface area contributed by atoms with Crippen molar-refractivity contribution in [3.05, 3.63) is 14.7 Å². The Kier molecular flexibility index (Phi) is 4.30. The van der Waals surface area contributed by atoms with Crippen LogP contribution in [0.5, 0.6) is 0 Å². The Bertz CT molecular complexity index is 441. The first-order valence-corrected chi connectivity index (χ1v) is 7.35. The summed E-state index contributed by atoms with van der Waals surface area (Å²) in [5.41, 5.74) is 0. The quantitative estimate of drug-likeness (QED) is 0.884. The summed E-state index contributed by atoms with van der Waals surface area (Å²) >= 11 is 4.60. The standard InChI is InChI=1S/C8H12BrNO3S2/c1-5(4-11)10-15(12,13)7-3-8(9)14-6(7)2/h3,5,10-11H,4H2,1-2H3/t5-/m0/s1. The first kappa shape index (κ1) is 13.1. The fourth-order valence-corrected chi connectivity index (χ4v) is 4.71. The van der Waals surface area contributed by atoms with Gasteiger partial charge in [0.05, 0.1) is 15.3 Å². The lowest BCUT2D eigenvalue weighted by Crippen LogP contribution is -2.35. The molecule has 1 aromatic heterocycles. The Morgan fingerprint density at radius 3 is 2.67 bits per heavy atom. The maximum absolute atomic E-state index is 11.8. The Labute approximate surface area is 102 Å². The smallest absolute Gasteiger partial charge is 0.242 e. The predicted octanol–water partition coefficient (Wildman–Crippen LogP) is 1.48. The number of rotatable bonds is 4. The van der Waals surface area contributed by atoms with Crippen molar-refractivity contribution in [1.29, 1.82) is 0 Å². The highest BCUT2D eigenvalue weighted by molar-refractivity contribution is 9.11. The first-order valence-electron chi connectivity index (χ1n) is 4.26. The fraction of sp³-hybridized carbons (Fsp3) is 0.500. The number of hydrogen-bond acceptors (Lipinski definition) is 4. The average Bonchev–Trinajstić information content (AvgIpc) is 2.45. The van der Waals surface area contributed by atoms with Crippen molar-refractivity contribution in [3.8, 4) is 0 Å². The van der Waals surface area contributed by atoms with Gasteiger partial charge in [-0.2, -0.15) is 0 Å². The molecule has 2 N–H and O–H groups in total. The van der Waals surface area contributed by atoms with Crippen LogP contribution in [0.3, 0.4) is 0 Å². The topological polar surface area (TPSA) is 66.4 Å². The summed E-state index contributed by atoms with van der Waals surface area (Å²) < 4.78 is 26.8.